The summed E-state index contributed by atoms with van der Waals surface area (Å²) in [6, 6.07) is 20.6. The molecule has 164 valence electrons. The minimum absolute atomic E-state index is 0.107. The largest absolute Gasteiger partial charge is 0.420 e. The molecule has 0 fully saturated rings. The molecule has 6 nitrogen and oxygen atoms in total. The maximum atomic E-state index is 13.5. The van der Waals surface area contributed by atoms with Crippen LogP contribution in [0.2, 0.25) is 5.02 Å². The van der Waals surface area contributed by atoms with E-state index >= 15 is 0 Å². The molecule has 0 aliphatic carbocycles. The lowest BCUT2D eigenvalue weighted by Crippen LogP contribution is -2.22. The average Bonchev–Trinajstić information content (AvgIpc) is 3.29. The van der Waals surface area contributed by atoms with E-state index in [1.807, 2.05) is 62.4 Å². The Morgan fingerprint density at radius 3 is 2.61 bits per heavy atom. The van der Waals surface area contributed by atoms with Crippen LogP contribution in [0.3, 0.4) is 0 Å². The molecule has 5 rings (SSSR count). The topological polar surface area (TPSA) is 73.8 Å². The average molecular weight is 475 g/mol. The maximum absolute atomic E-state index is 13.5. The summed E-state index contributed by atoms with van der Waals surface area (Å²) in [5.41, 5.74) is 4.20. The van der Waals surface area contributed by atoms with E-state index in [0.717, 1.165) is 22.4 Å². The van der Waals surface area contributed by atoms with E-state index in [1.165, 1.54) is 11.8 Å². The van der Waals surface area contributed by atoms with Gasteiger partial charge >= 0.3 is 0 Å². The highest BCUT2D eigenvalue weighted by Crippen LogP contribution is 2.27. The molecule has 3 aromatic carbocycles. The Labute approximate surface area is 199 Å². The highest BCUT2D eigenvalue weighted by molar-refractivity contribution is 7.98. The first-order valence-corrected chi connectivity index (χ1v) is 11.7. The van der Waals surface area contributed by atoms with Gasteiger partial charge in [0.2, 0.25) is 11.8 Å². The van der Waals surface area contributed by atoms with Crippen molar-refractivity contribution in [3.63, 3.8) is 0 Å². The van der Waals surface area contributed by atoms with Gasteiger partial charge in [-0.25, -0.2) is 4.98 Å². The molecule has 2 heterocycles. The zero-order valence-electron chi connectivity index (χ0n) is 17.9. The van der Waals surface area contributed by atoms with Crippen LogP contribution in [0.15, 0.2) is 81.1 Å². The number of thioether (sulfide) groups is 1. The van der Waals surface area contributed by atoms with Crippen LogP contribution in [0.4, 0.5) is 0 Å². The summed E-state index contributed by atoms with van der Waals surface area (Å²) in [6.45, 7) is 3.99. The zero-order chi connectivity index (χ0) is 22.9. The number of para-hydroxylation sites is 1. The number of benzene rings is 3. The molecular formula is C25H19ClN4O2S. The lowest BCUT2D eigenvalue weighted by atomic mass is 10.1. The minimum atomic E-state index is -0.107. The molecule has 8 heteroatoms. The number of fused-ring (bicyclic) bond motifs is 1. The van der Waals surface area contributed by atoms with E-state index in [1.54, 1.807) is 22.8 Å². The van der Waals surface area contributed by atoms with Gasteiger partial charge in [0.15, 0.2) is 5.16 Å². The summed E-state index contributed by atoms with van der Waals surface area (Å²) < 4.78 is 7.51. The highest BCUT2D eigenvalue weighted by Gasteiger charge is 2.17. The SMILES string of the molecule is Cc1ccc(C)c(-n2c(SCc3nnc(-c4ccc(Cl)cc4)o3)nc3ccccc3c2=O)c1. The van der Waals surface area contributed by atoms with Crippen LogP contribution in [0.25, 0.3) is 28.0 Å². The van der Waals surface area contributed by atoms with Crippen molar-refractivity contribution < 1.29 is 4.42 Å². The van der Waals surface area contributed by atoms with E-state index in [-0.39, 0.29) is 5.56 Å². The van der Waals surface area contributed by atoms with Gasteiger partial charge in [-0.1, -0.05) is 47.6 Å². The third-order valence-corrected chi connectivity index (χ3v) is 6.41. The molecule has 0 bridgehead atoms. The summed E-state index contributed by atoms with van der Waals surface area (Å²) in [5, 5.41) is 10.1. The third-order valence-electron chi connectivity index (χ3n) is 5.23. The summed E-state index contributed by atoms with van der Waals surface area (Å²) in [4.78, 5) is 18.3. The van der Waals surface area contributed by atoms with E-state index in [2.05, 4.69) is 10.2 Å². The number of nitrogens with zero attached hydrogens (tertiary/aromatic N) is 4. The molecule has 0 unspecified atom stereocenters. The van der Waals surface area contributed by atoms with Crippen LogP contribution in [0.1, 0.15) is 17.0 Å². The van der Waals surface area contributed by atoms with Gasteiger partial charge in [-0.2, -0.15) is 0 Å². The molecular weight excluding hydrogens is 456 g/mol. The van der Waals surface area contributed by atoms with Gasteiger partial charge in [0, 0.05) is 10.6 Å². The Bertz CT molecular complexity index is 1530. The second kappa shape index (κ2) is 8.84. The first kappa shape index (κ1) is 21.4. The van der Waals surface area contributed by atoms with Gasteiger partial charge in [-0.3, -0.25) is 9.36 Å². The zero-order valence-corrected chi connectivity index (χ0v) is 19.5. The quantitative estimate of drug-likeness (QED) is 0.230. The molecule has 0 amide bonds. The number of hydrogen-bond donors (Lipinski definition) is 0. The predicted molar refractivity (Wildman–Crippen MR) is 131 cm³/mol. The highest BCUT2D eigenvalue weighted by atomic mass is 35.5. The molecule has 0 N–H and O–H groups in total. The van der Waals surface area contributed by atoms with Crippen molar-refractivity contribution in [1.29, 1.82) is 0 Å². The second-order valence-electron chi connectivity index (χ2n) is 7.64. The third kappa shape index (κ3) is 4.29. The van der Waals surface area contributed by atoms with Crippen LogP contribution in [-0.2, 0) is 5.75 Å². The first-order chi connectivity index (χ1) is 16.0. The molecule has 0 saturated heterocycles. The number of hydrogen-bond acceptors (Lipinski definition) is 6. The Kier molecular flexibility index (Phi) is 5.74. The minimum Gasteiger partial charge on any atom is -0.420 e. The molecule has 5 aromatic rings. The standard InChI is InChI=1S/C25H19ClN4O2S/c1-15-7-8-16(2)21(13-15)30-24(31)19-5-3-4-6-20(19)27-25(30)33-14-22-28-29-23(32-22)17-9-11-18(26)12-10-17/h3-13H,14H2,1-2H3. The normalized spacial score (nSPS) is 11.2. The van der Waals surface area contributed by atoms with Crippen molar-refractivity contribution in [2.24, 2.45) is 0 Å². The molecule has 33 heavy (non-hydrogen) atoms. The smallest absolute Gasteiger partial charge is 0.266 e. The molecule has 2 aromatic heterocycles. The number of halogens is 1. The van der Waals surface area contributed by atoms with Gasteiger partial charge in [0.25, 0.3) is 5.56 Å². The fourth-order valence-corrected chi connectivity index (χ4v) is 4.50. The summed E-state index contributed by atoms with van der Waals surface area (Å²) in [5.74, 6) is 1.23. The number of rotatable bonds is 5. The Balaban J connectivity index is 1.53. The van der Waals surface area contributed by atoms with Crippen molar-refractivity contribution >= 4 is 34.3 Å². The Morgan fingerprint density at radius 2 is 1.79 bits per heavy atom. The van der Waals surface area contributed by atoms with Gasteiger partial charge in [0.1, 0.15) is 0 Å². The number of aryl methyl sites for hydroxylation is 2. The van der Waals surface area contributed by atoms with E-state index in [0.29, 0.717) is 38.6 Å². The van der Waals surface area contributed by atoms with Gasteiger partial charge < -0.3 is 4.42 Å². The molecule has 0 radical (unpaired) electrons. The second-order valence-corrected chi connectivity index (χ2v) is 9.02. The lowest BCUT2D eigenvalue weighted by Gasteiger charge is -2.15. The van der Waals surface area contributed by atoms with Gasteiger partial charge in [0.05, 0.1) is 22.3 Å². The fraction of sp³-hybridized carbons (Fsp3) is 0.120. The summed E-state index contributed by atoms with van der Waals surface area (Å²) >= 11 is 7.34. The van der Waals surface area contributed by atoms with Crippen molar-refractivity contribution in [1.82, 2.24) is 19.7 Å². The summed E-state index contributed by atoms with van der Waals surface area (Å²) in [7, 11) is 0. The van der Waals surface area contributed by atoms with Crippen molar-refractivity contribution in [2.75, 3.05) is 0 Å². The van der Waals surface area contributed by atoms with E-state index in [4.69, 9.17) is 21.0 Å². The van der Waals surface area contributed by atoms with Crippen LogP contribution in [-0.4, -0.2) is 19.7 Å². The lowest BCUT2D eigenvalue weighted by molar-refractivity contribution is 0.528. The molecule has 0 spiro atoms. The van der Waals surface area contributed by atoms with Gasteiger partial charge in [-0.15, -0.1) is 10.2 Å². The molecule has 0 aliphatic rings. The molecule has 0 atom stereocenters. The van der Waals surface area contributed by atoms with E-state index in [9.17, 15) is 4.79 Å². The van der Waals surface area contributed by atoms with Crippen molar-refractivity contribution in [3.05, 3.63) is 99.1 Å². The van der Waals surface area contributed by atoms with Crippen LogP contribution in [0, 0.1) is 13.8 Å². The van der Waals surface area contributed by atoms with Crippen molar-refractivity contribution in [2.45, 2.75) is 24.8 Å². The first-order valence-electron chi connectivity index (χ1n) is 10.3. The fourth-order valence-electron chi connectivity index (χ4n) is 3.53. The van der Waals surface area contributed by atoms with Gasteiger partial charge in [-0.05, 0) is 67.4 Å². The molecule has 0 aliphatic heterocycles. The van der Waals surface area contributed by atoms with Crippen molar-refractivity contribution in [3.8, 4) is 17.1 Å². The van der Waals surface area contributed by atoms with Crippen LogP contribution in [0.5, 0.6) is 0 Å². The van der Waals surface area contributed by atoms with Crippen LogP contribution < -0.4 is 5.56 Å². The maximum Gasteiger partial charge on any atom is 0.266 e. The predicted octanol–water partition coefficient (Wildman–Crippen LogP) is 6.00. The van der Waals surface area contributed by atoms with Crippen LogP contribution >= 0.6 is 23.4 Å². The number of aromatic nitrogens is 4. The molecule has 0 saturated carbocycles. The monoisotopic (exact) mass is 474 g/mol. The Morgan fingerprint density at radius 1 is 1.00 bits per heavy atom. The summed E-state index contributed by atoms with van der Waals surface area (Å²) in [6.07, 6.45) is 0. The van der Waals surface area contributed by atoms with E-state index < -0.39 is 0 Å². The Hall–Kier alpha value is -3.42.